The fourth-order valence-electron chi connectivity index (χ4n) is 2.19. The van der Waals surface area contributed by atoms with Crippen molar-refractivity contribution in [3.8, 4) is 0 Å². The molecule has 1 fully saturated rings. The zero-order valence-corrected chi connectivity index (χ0v) is 12.9. The van der Waals surface area contributed by atoms with Crippen molar-refractivity contribution in [1.82, 2.24) is 0 Å². The molecule has 6 nitrogen and oxygen atoms in total. The quantitative estimate of drug-likeness (QED) is 0.768. The number of anilines is 1. The van der Waals surface area contributed by atoms with Gasteiger partial charge in [-0.1, -0.05) is 6.92 Å². The van der Waals surface area contributed by atoms with Crippen LogP contribution in [0.1, 0.15) is 6.92 Å². The van der Waals surface area contributed by atoms with Crippen LogP contribution in [0.5, 0.6) is 0 Å². The third-order valence-corrected chi connectivity index (χ3v) is 5.22. The molecular weight excluding hydrogens is 294 g/mol. The summed E-state index contributed by atoms with van der Waals surface area (Å²) in [6.45, 7) is 3.08. The maximum absolute atomic E-state index is 11.8. The lowest BCUT2D eigenvalue weighted by atomic mass is 10.2. The molecule has 116 valence electrons. The average Bonchev–Trinajstić information content (AvgIpc) is 2.54. The Labute approximate surface area is 124 Å². The third-order valence-electron chi connectivity index (χ3n) is 3.47. The van der Waals surface area contributed by atoms with E-state index in [1.165, 1.54) is 7.11 Å². The molecule has 0 amide bonds. The molecule has 1 aromatic rings. The van der Waals surface area contributed by atoms with Gasteiger partial charge in [-0.2, -0.15) is 0 Å². The highest BCUT2D eigenvalue weighted by atomic mass is 32.2. The van der Waals surface area contributed by atoms with Gasteiger partial charge in [0, 0.05) is 12.2 Å². The van der Waals surface area contributed by atoms with Crippen LogP contribution in [0.3, 0.4) is 0 Å². The van der Waals surface area contributed by atoms with Gasteiger partial charge in [0.2, 0.25) is 0 Å². The Morgan fingerprint density at radius 3 is 2.62 bits per heavy atom. The molecule has 0 aliphatic carbocycles. The second kappa shape index (κ2) is 6.44. The number of carbonyl (C=O) groups is 1. The topological polar surface area (TPSA) is 72.9 Å². The summed E-state index contributed by atoms with van der Waals surface area (Å²) in [5.41, 5.74) is 0.863. The highest BCUT2D eigenvalue weighted by molar-refractivity contribution is 7.91. The van der Waals surface area contributed by atoms with E-state index in [1.54, 1.807) is 31.2 Å². The Morgan fingerprint density at radius 1 is 1.38 bits per heavy atom. The Morgan fingerprint density at radius 2 is 2.05 bits per heavy atom. The van der Waals surface area contributed by atoms with Gasteiger partial charge in [0.1, 0.15) is 0 Å². The van der Waals surface area contributed by atoms with Gasteiger partial charge in [0.25, 0.3) is 0 Å². The smallest absolute Gasteiger partial charge is 0.336 e. The minimum atomic E-state index is -3.19. The molecule has 0 bridgehead atoms. The Balaban J connectivity index is 2.13. The molecule has 0 spiro atoms. The van der Waals surface area contributed by atoms with Crippen molar-refractivity contribution in [2.75, 3.05) is 37.5 Å². The number of rotatable bonds is 4. The van der Waals surface area contributed by atoms with Gasteiger partial charge in [-0.15, -0.1) is 0 Å². The van der Waals surface area contributed by atoms with Crippen LogP contribution >= 0.6 is 0 Å². The van der Waals surface area contributed by atoms with Crippen LogP contribution in [-0.2, 0) is 24.1 Å². The van der Waals surface area contributed by atoms with Crippen molar-refractivity contribution >= 4 is 21.5 Å². The Bertz CT molecular complexity index is 596. The average molecular weight is 313 g/mol. The van der Waals surface area contributed by atoms with Gasteiger partial charge in [0.05, 0.1) is 30.9 Å². The van der Waals surface area contributed by atoms with Gasteiger partial charge in [0.15, 0.2) is 15.9 Å². The van der Waals surface area contributed by atoms with Crippen molar-refractivity contribution < 1.29 is 22.7 Å². The number of sulfone groups is 1. The number of hydrogen-bond acceptors (Lipinski definition) is 6. The monoisotopic (exact) mass is 313 g/mol. The fourth-order valence-corrected chi connectivity index (χ4v) is 3.07. The summed E-state index contributed by atoms with van der Waals surface area (Å²) in [7, 11) is -1.86. The largest absolute Gasteiger partial charge is 0.467 e. The first-order valence-corrected chi connectivity index (χ1v) is 8.40. The minimum absolute atomic E-state index is 0.0777. The van der Waals surface area contributed by atoms with Crippen LogP contribution in [0.4, 0.5) is 5.69 Å². The first-order chi connectivity index (χ1) is 9.97. The van der Waals surface area contributed by atoms with E-state index < -0.39 is 21.9 Å². The third kappa shape index (κ3) is 3.54. The van der Waals surface area contributed by atoms with Gasteiger partial charge in [-0.25, -0.2) is 13.2 Å². The molecule has 1 unspecified atom stereocenters. The molecule has 0 N–H and O–H groups in total. The molecule has 1 aromatic carbocycles. The zero-order chi connectivity index (χ0) is 15.5. The number of methoxy groups -OCH3 is 1. The van der Waals surface area contributed by atoms with Crippen LogP contribution in [0.15, 0.2) is 29.2 Å². The Kier molecular flexibility index (Phi) is 4.84. The van der Waals surface area contributed by atoms with E-state index >= 15 is 0 Å². The summed E-state index contributed by atoms with van der Waals surface area (Å²) in [4.78, 5) is 13.8. The molecule has 21 heavy (non-hydrogen) atoms. The SMILES string of the molecule is CCS(=O)(=O)c1ccc(N2CCOC(C(=O)OC)C2)cc1. The van der Waals surface area contributed by atoms with E-state index in [0.717, 1.165) is 5.69 Å². The second-order valence-electron chi connectivity index (χ2n) is 4.73. The first kappa shape index (κ1) is 15.8. The van der Waals surface area contributed by atoms with Gasteiger partial charge in [-0.3, -0.25) is 0 Å². The van der Waals surface area contributed by atoms with Crippen molar-refractivity contribution in [3.63, 3.8) is 0 Å². The number of nitrogens with zero attached hydrogens (tertiary/aromatic N) is 1. The lowest BCUT2D eigenvalue weighted by Crippen LogP contribution is -2.46. The van der Waals surface area contributed by atoms with E-state index in [2.05, 4.69) is 4.74 Å². The first-order valence-electron chi connectivity index (χ1n) is 6.75. The summed E-state index contributed by atoms with van der Waals surface area (Å²) < 4.78 is 33.6. The molecule has 1 aliphatic heterocycles. The van der Waals surface area contributed by atoms with E-state index in [0.29, 0.717) is 24.6 Å². The normalized spacial score (nSPS) is 19.3. The lowest BCUT2D eigenvalue weighted by Gasteiger charge is -2.33. The number of esters is 1. The minimum Gasteiger partial charge on any atom is -0.467 e. The second-order valence-corrected chi connectivity index (χ2v) is 7.00. The van der Waals surface area contributed by atoms with Gasteiger partial charge >= 0.3 is 5.97 Å². The molecule has 1 heterocycles. The van der Waals surface area contributed by atoms with Crippen molar-refractivity contribution in [2.24, 2.45) is 0 Å². The van der Waals surface area contributed by atoms with Crippen molar-refractivity contribution in [3.05, 3.63) is 24.3 Å². The number of hydrogen-bond donors (Lipinski definition) is 0. The molecule has 1 saturated heterocycles. The standard InChI is InChI=1S/C14H19NO5S/c1-3-21(17,18)12-6-4-11(5-7-12)15-8-9-20-13(10-15)14(16)19-2/h4-7,13H,3,8-10H2,1-2H3. The molecule has 0 aromatic heterocycles. The summed E-state index contributed by atoms with van der Waals surface area (Å²) in [5.74, 6) is -0.321. The van der Waals surface area contributed by atoms with Crippen LogP contribution in [0.25, 0.3) is 0 Å². The number of ether oxygens (including phenoxy) is 2. The highest BCUT2D eigenvalue weighted by Gasteiger charge is 2.27. The van der Waals surface area contributed by atoms with E-state index in [4.69, 9.17) is 4.74 Å². The number of morpholine rings is 1. The number of benzene rings is 1. The van der Waals surface area contributed by atoms with Crippen molar-refractivity contribution in [2.45, 2.75) is 17.9 Å². The highest BCUT2D eigenvalue weighted by Crippen LogP contribution is 2.21. The van der Waals surface area contributed by atoms with Crippen LogP contribution < -0.4 is 4.90 Å². The van der Waals surface area contributed by atoms with E-state index in [-0.39, 0.29) is 5.75 Å². The summed E-state index contributed by atoms with van der Waals surface area (Å²) in [6.07, 6.45) is -0.609. The lowest BCUT2D eigenvalue weighted by molar-refractivity contribution is -0.154. The summed E-state index contributed by atoms with van der Waals surface area (Å²) >= 11 is 0. The van der Waals surface area contributed by atoms with Crippen molar-refractivity contribution in [1.29, 1.82) is 0 Å². The molecule has 0 saturated carbocycles. The maximum atomic E-state index is 11.8. The predicted octanol–water partition coefficient (Wildman–Crippen LogP) is 0.858. The summed E-state index contributed by atoms with van der Waals surface area (Å²) in [6, 6.07) is 6.69. The van der Waals surface area contributed by atoms with Crippen LogP contribution in [-0.4, -0.2) is 53.1 Å². The molecule has 7 heteroatoms. The molecule has 1 atom stereocenters. The van der Waals surface area contributed by atoms with Gasteiger partial charge < -0.3 is 14.4 Å². The maximum Gasteiger partial charge on any atom is 0.336 e. The van der Waals surface area contributed by atoms with E-state index in [9.17, 15) is 13.2 Å². The predicted molar refractivity (Wildman–Crippen MR) is 78.1 cm³/mol. The molecule has 0 radical (unpaired) electrons. The molecule has 1 aliphatic rings. The van der Waals surface area contributed by atoms with Gasteiger partial charge in [-0.05, 0) is 24.3 Å². The fraction of sp³-hybridized carbons (Fsp3) is 0.500. The zero-order valence-electron chi connectivity index (χ0n) is 12.1. The van der Waals surface area contributed by atoms with Crippen LogP contribution in [0, 0.1) is 0 Å². The Hall–Kier alpha value is -1.60. The molecular formula is C14H19NO5S. The van der Waals surface area contributed by atoms with Crippen LogP contribution in [0.2, 0.25) is 0 Å². The number of carbonyl (C=O) groups excluding carboxylic acids is 1. The van der Waals surface area contributed by atoms with E-state index in [1.807, 2.05) is 4.90 Å². The molecule has 2 rings (SSSR count). The summed E-state index contributed by atoms with van der Waals surface area (Å²) in [5, 5.41) is 0.